The number of nitrogens with zero attached hydrogens (tertiary/aromatic N) is 2. The number of nitrogens with one attached hydrogen (secondary N) is 1. The molecule has 2 rings (SSSR count). The molecule has 0 bridgehead atoms. The third kappa shape index (κ3) is 3.12. The number of anilines is 1. The van der Waals surface area contributed by atoms with Crippen LogP contribution in [0.1, 0.15) is 44.2 Å². The highest BCUT2D eigenvalue weighted by atomic mass is 79.9. The van der Waals surface area contributed by atoms with Gasteiger partial charge in [0, 0.05) is 4.88 Å². The lowest BCUT2D eigenvalue weighted by Crippen LogP contribution is -2.26. The smallest absolute Gasteiger partial charge is 0.283 e. The highest BCUT2D eigenvalue weighted by Gasteiger charge is 2.15. The average Bonchev–Trinajstić information content (AvgIpc) is 2.94. The predicted molar refractivity (Wildman–Crippen MR) is 87.6 cm³/mol. The first-order chi connectivity index (χ1) is 9.54. The number of aromatic nitrogens is 2. The summed E-state index contributed by atoms with van der Waals surface area (Å²) in [5.74, 6) is 0. The molecule has 0 saturated carbocycles. The zero-order valence-corrected chi connectivity index (χ0v) is 14.2. The highest BCUT2D eigenvalue weighted by Crippen LogP contribution is 2.28. The van der Waals surface area contributed by atoms with E-state index in [4.69, 9.17) is 0 Å². The molecule has 20 heavy (non-hydrogen) atoms. The fourth-order valence-electron chi connectivity index (χ4n) is 1.96. The molecule has 0 aliphatic carbocycles. The Hall–Kier alpha value is -1.14. The van der Waals surface area contributed by atoms with Gasteiger partial charge in [-0.25, -0.2) is 4.68 Å². The molecule has 0 radical (unpaired) electrons. The molecule has 6 heteroatoms. The van der Waals surface area contributed by atoms with Gasteiger partial charge in [-0.1, -0.05) is 13.0 Å². The van der Waals surface area contributed by atoms with E-state index >= 15 is 0 Å². The van der Waals surface area contributed by atoms with Gasteiger partial charge in [0.05, 0.1) is 24.0 Å². The molecule has 0 spiro atoms. The summed E-state index contributed by atoms with van der Waals surface area (Å²) in [6.07, 6.45) is 2.65. The van der Waals surface area contributed by atoms with Crippen LogP contribution in [0.15, 0.2) is 33.0 Å². The minimum atomic E-state index is -0.106. The van der Waals surface area contributed by atoms with E-state index in [0.29, 0.717) is 4.47 Å². The number of rotatable bonds is 5. The van der Waals surface area contributed by atoms with Gasteiger partial charge >= 0.3 is 0 Å². The maximum atomic E-state index is 12.2. The van der Waals surface area contributed by atoms with Gasteiger partial charge in [0.25, 0.3) is 5.56 Å². The Balaban J connectivity index is 2.30. The van der Waals surface area contributed by atoms with E-state index in [1.54, 1.807) is 17.5 Å². The second-order valence-electron chi connectivity index (χ2n) is 4.84. The third-order valence-corrected chi connectivity index (χ3v) is 4.81. The SMILES string of the molecule is CCC(Nc1cnn(C(C)C)c(=O)c1Br)c1cccs1. The quantitative estimate of drug-likeness (QED) is 0.873. The molecule has 0 saturated heterocycles. The first-order valence-electron chi connectivity index (χ1n) is 6.61. The van der Waals surface area contributed by atoms with Crippen LogP contribution in [0.25, 0.3) is 0 Å². The van der Waals surface area contributed by atoms with Crippen LogP contribution in [0.2, 0.25) is 0 Å². The van der Waals surface area contributed by atoms with Crippen molar-refractivity contribution in [3.8, 4) is 0 Å². The molecule has 0 aliphatic rings. The average molecular weight is 356 g/mol. The topological polar surface area (TPSA) is 46.9 Å². The summed E-state index contributed by atoms with van der Waals surface area (Å²) in [6.45, 7) is 6.00. The molecule has 108 valence electrons. The van der Waals surface area contributed by atoms with Crippen molar-refractivity contribution >= 4 is 33.0 Å². The largest absolute Gasteiger partial charge is 0.375 e. The lowest BCUT2D eigenvalue weighted by Gasteiger charge is -2.18. The monoisotopic (exact) mass is 355 g/mol. The van der Waals surface area contributed by atoms with Crippen LogP contribution in [0.5, 0.6) is 0 Å². The van der Waals surface area contributed by atoms with Crippen LogP contribution in [0.4, 0.5) is 5.69 Å². The van der Waals surface area contributed by atoms with Gasteiger partial charge in [-0.3, -0.25) is 4.79 Å². The molecule has 4 nitrogen and oxygen atoms in total. The molecular formula is C14H18BrN3OS. The minimum absolute atomic E-state index is 0.0483. The van der Waals surface area contributed by atoms with Crippen LogP contribution >= 0.6 is 27.3 Å². The standard InChI is InChI=1S/C14H18BrN3OS/c1-4-10(12-6-5-7-20-12)17-11-8-16-18(9(2)3)14(19)13(11)15/h5-10,17H,4H2,1-3H3. The Morgan fingerprint density at radius 3 is 2.80 bits per heavy atom. The van der Waals surface area contributed by atoms with E-state index in [-0.39, 0.29) is 17.6 Å². The van der Waals surface area contributed by atoms with Crippen molar-refractivity contribution in [2.24, 2.45) is 0 Å². The van der Waals surface area contributed by atoms with Gasteiger partial charge in [-0.15, -0.1) is 11.3 Å². The number of thiophene rings is 1. The van der Waals surface area contributed by atoms with Crippen molar-refractivity contribution in [2.45, 2.75) is 39.3 Å². The van der Waals surface area contributed by atoms with E-state index in [1.807, 2.05) is 19.9 Å². The lowest BCUT2D eigenvalue weighted by atomic mass is 10.2. The van der Waals surface area contributed by atoms with Gasteiger partial charge in [0.1, 0.15) is 4.47 Å². The fraction of sp³-hybridized carbons (Fsp3) is 0.429. The molecule has 0 fully saturated rings. The molecular weight excluding hydrogens is 338 g/mol. The number of hydrogen-bond donors (Lipinski definition) is 1. The summed E-state index contributed by atoms with van der Waals surface area (Å²) in [6, 6.07) is 4.38. The van der Waals surface area contributed by atoms with Crippen LogP contribution < -0.4 is 10.9 Å². The molecule has 0 aliphatic heterocycles. The van der Waals surface area contributed by atoms with Crippen molar-refractivity contribution in [1.82, 2.24) is 9.78 Å². The van der Waals surface area contributed by atoms with E-state index in [0.717, 1.165) is 12.1 Å². The van der Waals surface area contributed by atoms with Crippen molar-refractivity contribution in [3.05, 3.63) is 43.4 Å². The Kier molecular flexibility index (Phi) is 4.99. The van der Waals surface area contributed by atoms with E-state index in [9.17, 15) is 4.79 Å². The molecule has 1 N–H and O–H groups in total. The van der Waals surface area contributed by atoms with Crippen molar-refractivity contribution < 1.29 is 0 Å². The second-order valence-corrected chi connectivity index (χ2v) is 6.61. The Morgan fingerprint density at radius 2 is 2.25 bits per heavy atom. The van der Waals surface area contributed by atoms with E-state index < -0.39 is 0 Å². The summed E-state index contributed by atoms with van der Waals surface area (Å²) < 4.78 is 2.01. The normalized spacial score (nSPS) is 12.7. The van der Waals surface area contributed by atoms with Crippen LogP contribution in [0, 0.1) is 0 Å². The fourth-order valence-corrected chi connectivity index (χ4v) is 3.22. The molecule has 2 aromatic heterocycles. The van der Waals surface area contributed by atoms with Crippen LogP contribution in [0.3, 0.4) is 0 Å². The van der Waals surface area contributed by atoms with Crippen LogP contribution in [-0.2, 0) is 0 Å². The summed E-state index contributed by atoms with van der Waals surface area (Å²) in [7, 11) is 0. The molecule has 2 aromatic rings. The molecule has 0 aromatic carbocycles. The lowest BCUT2D eigenvalue weighted by molar-refractivity contribution is 0.500. The molecule has 0 amide bonds. The van der Waals surface area contributed by atoms with Crippen molar-refractivity contribution in [2.75, 3.05) is 5.32 Å². The summed E-state index contributed by atoms with van der Waals surface area (Å²) in [4.78, 5) is 13.5. The Labute approximate surface area is 131 Å². The van der Waals surface area contributed by atoms with Gasteiger partial charge < -0.3 is 5.32 Å². The molecule has 1 atom stereocenters. The first-order valence-corrected chi connectivity index (χ1v) is 8.29. The Morgan fingerprint density at radius 1 is 1.50 bits per heavy atom. The van der Waals surface area contributed by atoms with Crippen molar-refractivity contribution in [1.29, 1.82) is 0 Å². The second kappa shape index (κ2) is 6.54. The highest BCUT2D eigenvalue weighted by molar-refractivity contribution is 9.10. The summed E-state index contributed by atoms with van der Waals surface area (Å²) in [5, 5.41) is 9.68. The van der Waals surface area contributed by atoms with Gasteiger partial charge in [-0.05, 0) is 47.6 Å². The van der Waals surface area contributed by atoms with Crippen molar-refractivity contribution in [3.63, 3.8) is 0 Å². The van der Waals surface area contributed by atoms with Crippen LogP contribution in [-0.4, -0.2) is 9.78 Å². The Bertz CT molecular complexity index is 622. The summed E-state index contributed by atoms with van der Waals surface area (Å²) in [5.41, 5.74) is 0.637. The zero-order valence-electron chi connectivity index (χ0n) is 11.8. The first kappa shape index (κ1) is 15.3. The van der Waals surface area contributed by atoms with Gasteiger partial charge in [-0.2, -0.15) is 5.10 Å². The number of halogens is 1. The molecule has 1 unspecified atom stereocenters. The van der Waals surface area contributed by atoms with Gasteiger partial charge in [0.15, 0.2) is 0 Å². The van der Waals surface area contributed by atoms with E-state index in [1.165, 1.54) is 9.56 Å². The maximum absolute atomic E-state index is 12.2. The van der Waals surface area contributed by atoms with Gasteiger partial charge in [0.2, 0.25) is 0 Å². The zero-order chi connectivity index (χ0) is 14.7. The third-order valence-electron chi connectivity index (χ3n) is 3.06. The number of hydrogen-bond acceptors (Lipinski definition) is 4. The maximum Gasteiger partial charge on any atom is 0.283 e. The van der Waals surface area contributed by atoms with E-state index in [2.05, 4.69) is 44.7 Å². The minimum Gasteiger partial charge on any atom is -0.375 e. The summed E-state index contributed by atoms with van der Waals surface area (Å²) >= 11 is 5.10. The predicted octanol–water partition coefficient (Wildman–Crippen LogP) is 4.21. The molecule has 2 heterocycles.